The average Bonchev–Trinajstić information content (AvgIpc) is 2.79. The van der Waals surface area contributed by atoms with Crippen molar-refractivity contribution in [3.05, 3.63) is 64.7 Å². The third-order valence-corrected chi connectivity index (χ3v) is 6.09. The number of rotatable bonds is 6. The predicted molar refractivity (Wildman–Crippen MR) is 118 cm³/mol. The molecule has 2 heterocycles. The highest BCUT2D eigenvalue weighted by atomic mass is 16.5. The van der Waals surface area contributed by atoms with Crippen molar-refractivity contribution >= 4 is 12.0 Å². The second-order valence-electron chi connectivity index (χ2n) is 8.10. The van der Waals surface area contributed by atoms with Gasteiger partial charge in [-0.25, -0.2) is 0 Å². The Labute approximate surface area is 178 Å². The van der Waals surface area contributed by atoms with Gasteiger partial charge in [-0.15, -0.1) is 0 Å². The van der Waals surface area contributed by atoms with E-state index in [1.54, 1.807) is 7.11 Å². The van der Waals surface area contributed by atoms with Crippen LogP contribution in [0.4, 0.5) is 0 Å². The van der Waals surface area contributed by atoms with Crippen LogP contribution in [0.25, 0.3) is 6.08 Å². The van der Waals surface area contributed by atoms with Crippen LogP contribution in [0.5, 0.6) is 11.5 Å². The van der Waals surface area contributed by atoms with Gasteiger partial charge in [-0.05, 0) is 49.6 Å². The highest BCUT2D eigenvalue weighted by molar-refractivity contribution is 5.99. The number of para-hydroxylation sites is 1. The Morgan fingerprint density at radius 2 is 2.00 bits per heavy atom. The first-order valence-electron chi connectivity index (χ1n) is 10.7. The van der Waals surface area contributed by atoms with Gasteiger partial charge in [0, 0.05) is 24.7 Å². The molecule has 30 heavy (non-hydrogen) atoms. The third kappa shape index (κ3) is 4.51. The zero-order chi connectivity index (χ0) is 20.9. The number of amides is 1. The molecule has 1 amide bonds. The molecule has 2 aromatic rings. The Balaban J connectivity index is 1.42. The lowest BCUT2D eigenvalue weighted by Gasteiger charge is -2.33. The number of nitrogens with one attached hydrogen (secondary N) is 1. The first-order chi connectivity index (χ1) is 14.7. The monoisotopic (exact) mass is 406 g/mol. The van der Waals surface area contributed by atoms with Gasteiger partial charge in [-0.1, -0.05) is 42.8 Å². The summed E-state index contributed by atoms with van der Waals surface area (Å²) in [6, 6.07) is 14.7. The van der Waals surface area contributed by atoms with Crippen LogP contribution in [-0.2, 0) is 17.9 Å². The predicted octanol–water partition coefficient (Wildman–Crippen LogP) is 4.16. The molecule has 5 nitrogen and oxygen atoms in total. The summed E-state index contributed by atoms with van der Waals surface area (Å²) < 4.78 is 11.1. The fourth-order valence-electron chi connectivity index (χ4n) is 4.26. The molecule has 2 aliphatic rings. The Kier molecular flexibility index (Phi) is 6.38. The van der Waals surface area contributed by atoms with Crippen molar-refractivity contribution < 1.29 is 14.3 Å². The van der Waals surface area contributed by atoms with E-state index in [4.69, 9.17) is 9.47 Å². The van der Waals surface area contributed by atoms with Crippen LogP contribution in [0.3, 0.4) is 0 Å². The molecular weight excluding hydrogens is 376 g/mol. The fourth-order valence-corrected chi connectivity index (χ4v) is 4.26. The highest BCUT2D eigenvalue weighted by Crippen LogP contribution is 2.35. The van der Waals surface area contributed by atoms with E-state index in [0.29, 0.717) is 29.7 Å². The standard InChI is InChI=1S/C25H30N2O3/c1-18-8-5-6-13-27(18)16-21-10-4-3-9-20(21)15-26-25(28)22-14-19-11-7-12-23(29-2)24(19)30-17-22/h3-4,7,9-12,14,18H,5-6,8,13,15-17H2,1-2H3,(H,26,28). The largest absolute Gasteiger partial charge is 0.493 e. The van der Waals surface area contributed by atoms with Gasteiger partial charge in [-0.2, -0.15) is 0 Å². The first kappa shape index (κ1) is 20.5. The lowest BCUT2D eigenvalue weighted by Crippen LogP contribution is -2.37. The molecule has 0 aromatic heterocycles. The maximum atomic E-state index is 12.8. The Bertz CT molecular complexity index is 938. The van der Waals surface area contributed by atoms with E-state index >= 15 is 0 Å². The molecule has 4 rings (SSSR count). The van der Waals surface area contributed by atoms with Crippen molar-refractivity contribution in [1.29, 1.82) is 0 Å². The number of carbonyl (C=O) groups excluding carboxylic acids is 1. The molecule has 0 aliphatic carbocycles. The van der Waals surface area contributed by atoms with E-state index in [9.17, 15) is 4.79 Å². The van der Waals surface area contributed by atoms with Crippen molar-refractivity contribution in [2.45, 2.75) is 45.3 Å². The van der Waals surface area contributed by atoms with Gasteiger partial charge in [0.2, 0.25) is 0 Å². The van der Waals surface area contributed by atoms with Gasteiger partial charge < -0.3 is 14.8 Å². The van der Waals surface area contributed by atoms with Crippen LogP contribution in [0.15, 0.2) is 48.0 Å². The number of piperidine rings is 1. The summed E-state index contributed by atoms with van der Waals surface area (Å²) in [4.78, 5) is 15.3. The molecule has 2 aliphatic heterocycles. The number of hydrogen-bond donors (Lipinski definition) is 1. The van der Waals surface area contributed by atoms with Crippen molar-refractivity contribution in [2.24, 2.45) is 0 Å². The van der Waals surface area contributed by atoms with E-state index in [-0.39, 0.29) is 12.5 Å². The molecule has 1 saturated heterocycles. The SMILES string of the molecule is COc1cccc2c1OCC(C(=O)NCc1ccccc1CN1CCCCC1C)=C2. The van der Waals surface area contributed by atoms with Crippen LogP contribution in [0, 0.1) is 0 Å². The van der Waals surface area contributed by atoms with Gasteiger partial charge >= 0.3 is 0 Å². The van der Waals surface area contributed by atoms with Crippen LogP contribution in [0.1, 0.15) is 42.9 Å². The molecule has 1 fully saturated rings. The summed E-state index contributed by atoms with van der Waals surface area (Å²) in [6.07, 6.45) is 5.74. The number of fused-ring (bicyclic) bond motifs is 1. The Hall–Kier alpha value is -2.79. The number of nitrogens with zero attached hydrogens (tertiary/aromatic N) is 1. The Morgan fingerprint density at radius 3 is 2.80 bits per heavy atom. The van der Waals surface area contributed by atoms with Gasteiger partial charge in [0.05, 0.1) is 12.7 Å². The second-order valence-corrected chi connectivity index (χ2v) is 8.10. The molecule has 1 N–H and O–H groups in total. The van der Waals surface area contributed by atoms with E-state index in [2.05, 4.69) is 35.3 Å². The maximum absolute atomic E-state index is 12.8. The lowest BCUT2D eigenvalue weighted by atomic mass is 10.0. The molecule has 1 unspecified atom stereocenters. The minimum absolute atomic E-state index is 0.0930. The second kappa shape index (κ2) is 9.35. The smallest absolute Gasteiger partial charge is 0.250 e. The quantitative estimate of drug-likeness (QED) is 0.783. The summed E-state index contributed by atoms with van der Waals surface area (Å²) in [5.74, 6) is 1.28. The molecule has 158 valence electrons. The Morgan fingerprint density at radius 1 is 1.17 bits per heavy atom. The normalized spacial score (nSPS) is 18.7. The lowest BCUT2D eigenvalue weighted by molar-refractivity contribution is -0.117. The van der Waals surface area contributed by atoms with Crippen molar-refractivity contribution in [3.8, 4) is 11.5 Å². The summed E-state index contributed by atoms with van der Waals surface area (Å²) in [5.41, 5.74) is 3.95. The van der Waals surface area contributed by atoms with Crippen molar-refractivity contribution in [3.63, 3.8) is 0 Å². The van der Waals surface area contributed by atoms with Crippen LogP contribution < -0.4 is 14.8 Å². The summed E-state index contributed by atoms with van der Waals surface area (Å²) >= 11 is 0. The summed E-state index contributed by atoms with van der Waals surface area (Å²) in [5, 5.41) is 3.08. The maximum Gasteiger partial charge on any atom is 0.250 e. The van der Waals surface area contributed by atoms with Crippen LogP contribution >= 0.6 is 0 Å². The number of benzene rings is 2. The zero-order valence-corrected chi connectivity index (χ0v) is 17.8. The molecule has 0 saturated carbocycles. The minimum Gasteiger partial charge on any atom is -0.493 e. The third-order valence-electron chi connectivity index (χ3n) is 6.09. The van der Waals surface area contributed by atoms with Crippen LogP contribution in [-0.4, -0.2) is 37.1 Å². The molecule has 2 aromatic carbocycles. The van der Waals surface area contributed by atoms with Crippen molar-refractivity contribution in [1.82, 2.24) is 10.2 Å². The number of ether oxygens (including phenoxy) is 2. The zero-order valence-electron chi connectivity index (χ0n) is 17.8. The van der Waals surface area contributed by atoms with Gasteiger partial charge in [0.15, 0.2) is 11.5 Å². The molecule has 5 heteroatoms. The number of hydrogen-bond acceptors (Lipinski definition) is 4. The van der Waals surface area contributed by atoms with E-state index in [1.807, 2.05) is 30.3 Å². The first-order valence-corrected chi connectivity index (χ1v) is 10.7. The topological polar surface area (TPSA) is 50.8 Å². The van der Waals surface area contributed by atoms with Crippen molar-refractivity contribution in [2.75, 3.05) is 20.3 Å². The number of carbonyl (C=O) groups is 1. The molecular formula is C25H30N2O3. The van der Waals surface area contributed by atoms with Crippen LogP contribution in [0.2, 0.25) is 0 Å². The minimum atomic E-state index is -0.0930. The molecule has 1 atom stereocenters. The van der Waals surface area contributed by atoms with Gasteiger partial charge in [0.1, 0.15) is 6.61 Å². The van der Waals surface area contributed by atoms with E-state index in [0.717, 1.165) is 18.7 Å². The van der Waals surface area contributed by atoms with E-state index in [1.165, 1.54) is 30.4 Å². The number of likely N-dealkylation sites (tertiary alicyclic amines) is 1. The average molecular weight is 407 g/mol. The van der Waals surface area contributed by atoms with E-state index < -0.39 is 0 Å². The number of methoxy groups -OCH3 is 1. The highest BCUT2D eigenvalue weighted by Gasteiger charge is 2.21. The van der Waals surface area contributed by atoms with Gasteiger partial charge in [-0.3, -0.25) is 9.69 Å². The summed E-state index contributed by atoms with van der Waals surface area (Å²) in [6.45, 7) is 5.15. The fraction of sp³-hybridized carbons (Fsp3) is 0.400. The molecule has 0 spiro atoms. The van der Waals surface area contributed by atoms with Gasteiger partial charge in [0.25, 0.3) is 5.91 Å². The summed E-state index contributed by atoms with van der Waals surface area (Å²) in [7, 11) is 1.62. The molecule has 0 bridgehead atoms. The molecule has 0 radical (unpaired) electrons.